The minimum Gasteiger partial charge on any atom is -0.503 e. The number of ether oxygens (including phenoxy) is 1. The third kappa shape index (κ3) is 9.32. The number of furan rings is 1. The number of imidazole rings is 1. The first-order valence-corrected chi connectivity index (χ1v) is 30.1. The van der Waals surface area contributed by atoms with Gasteiger partial charge in [-0.3, -0.25) is 4.98 Å². The van der Waals surface area contributed by atoms with Crippen molar-refractivity contribution < 1.29 is 30.2 Å². The molecule has 0 radical (unpaired) electrons. The summed E-state index contributed by atoms with van der Waals surface area (Å²) in [4.78, 5) is 10.6. The summed E-state index contributed by atoms with van der Waals surface area (Å²) in [5, 5.41) is 4.11. The quantitative estimate of drug-likeness (QED) is 0.0956. The summed E-state index contributed by atoms with van der Waals surface area (Å²) in [6.45, 7) is 23.2. The summed E-state index contributed by atoms with van der Waals surface area (Å²) in [5.74, 6) is 3.04. The molecule has 4 heterocycles. The Labute approximate surface area is 461 Å². The number of hydrogen-bond acceptors (Lipinski definition) is 4. The van der Waals surface area contributed by atoms with Gasteiger partial charge in [-0.25, -0.2) is 4.98 Å². The van der Waals surface area contributed by atoms with Crippen molar-refractivity contribution in [3.63, 3.8) is 0 Å². The SMILES string of the molecule is CC(C)c1cc(-c2ccc(-c3ccccc3)cc2)cc(C(C)C)c1-n1c(-c2[c-]c(Oc3[c-]c4c(cc3)c3ccccc3n4-c3cc(C(C)(C)C)ccn3)cc3c2oc2ccccc23)nc2ccc(C[Si](C)(C)C)cc21.[Pt+2]. The molecule has 0 saturated heterocycles. The van der Waals surface area contributed by atoms with Gasteiger partial charge in [-0.05, 0) is 122 Å². The van der Waals surface area contributed by atoms with Crippen LogP contribution in [0.4, 0.5) is 0 Å². The Kier molecular flexibility index (Phi) is 13.2. The van der Waals surface area contributed by atoms with E-state index in [2.05, 4.69) is 235 Å². The Hall–Kier alpha value is -7.31. The monoisotopic (exact) mass is 1190 g/mol. The number of nitrogens with zero attached hydrogens (tertiary/aromatic N) is 4. The first kappa shape index (κ1) is 50.8. The second-order valence-corrected chi connectivity index (χ2v) is 28.6. The second-order valence-electron chi connectivity index (χ2n) is 23.1. The molecule has 0 amide bonds. The summed E-state index contributed by atoms with van der Waals surface area (Å²) in [5.41, 5.74) is 17.0. The van der Waals surface area contributed by atoms with E-state index < -0.39 is 8.07 Å². The first-order valence-electron chi connectivity index (χ1n) is 26.4. The van der Waals surface area contributed by atoms with E-state index in [4.69, 9.17) is 19.1 Å². The zero-order valence-electron chi connectivity index (χ0n) is 44.9. The molecule has 8 aromatic carbocycles. The molecule has 0 N–H and O–H groups in total. The molecule has 12 rings (SSSR count). The van der Waals surface area contributed by atoms with Crippen LogP contribution in [0.2, 0.25) is 19.6 Å². The van der Waals surface area contributed by atoms with E-state index in [-0.39, 0.29) is 38.3 Å². The van der Waals surface area contributed by atoms with E-state index in [9.17, 15) is 0 Å². The maximum atomic E-state index is 7.04. The van der Waals surface area contributed by atoms with Crippen LogP contribution in [-0.4, -0.2) is 27.2 Å². The third-order valence-corrected chi connectivity index (χ3v) is 16.1. The molecule has 0 spiro atoms. The zero-order chi connectivity index (χ0) is 51.9. The number of fused-ring (bicyclic) bond motifs is 7. The average molecular weight is 1190 g/mol. The Bertz CT molecular complexity index is 4120. The van der Waals surface area contributed by atoms with Crippen LogP contribution in [0.1, 0.15) is 82.6 Å². The Morgan fingerprint density at radius 2 is 1.25 bits per heavy atom. The van der Waals surface area contributed by atoms with Crippen LogP contribution in [0.5, 0.6) is 11.5 Å². The summed E-state index contributed by atoms with van der Waals surface area (Å²) in [7, 11) is -1.50. The van der Waals surface area contributed by atoms with Crippen LogP contribution in [-0.2, 0) is 32.5 Å². The summed E-state index contributed by atoms with van der Waals surface area (Å²) in [6, 6.07) is 67.1. The van der Waals surface area contributed by atoms with Gasteiger partial charge in [-0.15, -0.1) is 17.5 Å². The Balaban J connectivity index is 0.00000616. The molecule has 0 saturated carbocycles. The van der Waals surface area contributed by atoms with Gasteiger partial charge in [0.1, 0.15) is 11.4 Å². The summed E-state index contributed by atoms with van der Waals surface area (Å²) in [6.07, 6.45) is 1.91. The summed E-state index contributed by atoms with van der Waals surface area (Å²) < 4.78 is 18.6. The minimum absolute atomic E-state index is 0. The predicted octanol–water partition coefficient (Wildman–Crippen LogP) is 18.8. The van der Waals surface area contributed by atoms with Crippen molar-refractivity contribution in [1.82, 2.24) is 19.1 Å². The maximum absolute atomic E-state index is 7.04. The third-order valence-electron chi connectivity index (χ3n) is 14.6. The van der Waals surface area contributed by atoms with Crippen molar-refractivity contribution in [2.45, 2.75) is 91.4 Å². The molecule has 0 unspecified atom stereocenters. The van der Waals surface area contributed by atoms with E-state index in [0.717, 1.165) is 78.1 Å². The number of aromatic nitrogens is 4. The van der Waals surface area contributed by atoms with E-state index >= 15 is 0 Å². The minimum atomic E-state index is -1.50. The first-order chi connectivity index (χ1) is 36.1. The van der Waals surface area contributed by atoms with Crippen LogP contribution in [0.25, 0.3) is 99.9 Å². The fourth-order valence-corrected chi connectivity index (χ4v) is 12.4. The fraction of sp³-hybridized carbons (Fsp3) is 0.206. The number of rotatable bonds is 11. The van der Waals surface area contributed by atoms with Crippen LogP contribution in [0, 0.1) is 12.1 Å². The zero-order valence-corrected chi connectivity index (χ0v) is 48.2. The number of pyridine rings is 1. The largest absolute Gasteiger partial charge is 2.00 e. The van der Waals surface area contributed by atoms with Gasteiger partial charge in [0, 0.05) is 42.4 Å². The Morgan fingerprint density at radius 1 is 0.592 bits per heavy atom. The van der Waals surface area contributed by atoms with Gasteiger partial charge in [-0.1, -0.05) is 194 Å². The normalized spacial score (nSPS) is 12.3. The fourth-order valence-electron chi connectivity index (χ4n) is 11.0. The van der Waals surface area contributed by atoms with Gasteiger partial charge in [-0.2, -0.15) is 6.07 Å². The van der Waals surface area contributed by atoms with Crippen LogP contribution < -0.4 is 4.74 Å². The molecule has 6 nitrogen and oxygen atoms in total. The molecular weight excluding hydrogens is 1130 g/mol. The predicted molar refractivity (Wildman–Crippen MR) is 315 cm³/mol. The maximum Gasteiger partial charge on any atom is 2.00 e. The van der Waals surface area contributed by atoms with E-state index in [1.54, 1.807) is 0 Å². The van der Waals surface area contributed by atoms with Crippen molar-refractivity contribution in [2.75, 3.05) is 0 Å². The Morgan fingerprint density at radius 3 is 1.95 bits per heavy atom. The van der Waals surface area contributed by atoms with Crippen molar-refractivity contribution in [2.24, 2.45) is 0 Å². The summed E-state index contributed by atoms with van der Waals surface area (Å²) >= 11 is 0. The van der Waals surface area contributed by atoms with Gasteiger partial charge in [0.05, 0.1) is 22.4 Å². The van der Waals surface area contributed by atoms with E-state index in [1.165, 1.54) is 44.5 Å². The smallest absolute Gasteiger partial charge is 0.503 e. The molecule has 0 fully saturated rings. The average Bonchev–Trinajstić information content (AvgIpc) is 4.11. The topological polar surface area (TPSA) is 58.0 Å². The van der Waals surface area contributed by atoms with E-state index in [0.29, 0.717) is 17.1 Å². The van der Waals surface area contributed by atoms with Crippen LogP contribution in [0.3, 0.4) is 0 Å². The van der Waals surface area contributed by atoms with Gasteiger partial charge in [0.15, 0.2) is 0 Å². The molecule has 0 aliphatic heterocycles. The standard InChI is InChI=1S/C68H62N4O2Si.Pt/c1-42(2)55-35-48(47-27-25-46(26-28-47)45-18-12-11-13-19-45)36-56(43(3)4)65(55)72-62-34-44(41-75(8,9)10)24-31-59(62)70-67(72)58-39-51(38-57-54-21-15-17-23-63(54)74-66(57)58)73-50-29-30-53-52-20-14-16-22-60(52)71(61(53)40-50)64-37-49(32-33-69-64)68(5,6)7;/h11-38,42-43H,41H2,1-10H3;/q-2;+2. The number of para-hydroxylation sites is 2. The van der Waals surface area contributed by atoms with Crippen molar-refractivity contribution >= 4 is 62.9 Å². The van der Waals surface area contributed by atoms with Gasteiger partial charge >= 0.3 is 21.1 Å². The molecule has 12 aromatic rings. The molecule has 0 atom stereocenters. The van der Waals surface area contributed by atoms with Crippen molar-refractivity contribution in [1.29, 1.82) is 0 Å². The molecule has 0 aliphatic rings. The molecule has 0 aliphatic carbocycles. The van der Waals surface area contributed by atoms with Crippen molar-refractivity contribution in [3.05, 3.63) is 204 Å². The van der Waals surface area contributed by atoms with Crippen LogP contribution in [0.15, 0.2) is 174 Å². The molecule has 380 valence electrons. The second kappa shape index (κ2) is 19.7. The number of benzene rings is 8. The van der Waals surface area contributed by atoms with Gasteiger partial charge in [0.25, 0.3) is 0 Å². The molecule has 76 heavy (non-hydrogen) atoms. The van der Waals surface area contributed by atoms with Gasteiger partial charge < -0.3 is 18.3 Å². The number of hydrogen-bond donors (Lipinski definition) is 0. The van der Waals surface area contributed by atoms with Crippen LogP contribution >= 0.6 is 0 Å². The molecule has 8 heteroatoms. The molecular formula is C68H62N4O2PtSi. The molecule has 0 bridgehead atoms. The van der Waals surface area contributed by atoms with E-state index in [1.807, 2.05) is 24.4 Å². The molecule has 4 aromatic heterocycles. The van der Waals surface area contributed by atoms with Gasteiger partial charge in [0.2, 0.25) is 0 Å². The van der Waals surface area contributed by atoms with Crippen molar-refractivity contribution in [3.8, 4) is 56.6 Å².